The summed E-state index contributed by atoms with van der Waals surface area (Å²) in [6, 6.07) is 13.6. The number of anilines is 2. The van der Waals surface area contributed by atoms with Gasteiger partial charge in [0.05, 0.1) is 5.56 Å². The number of aryl methyl sites for hydroxylation is 3. The molecule has 218 valence electrons. The smallest absolute Gasteiger partial charge is 0.373 e. The van der Waals surface area contributed by atoms with Gasteiger partial charge in [0.1, 0.15) is 5.82 Å². The van der Waals surface area contributed by atoms with Crippen LogP contribution in [0.3, 0.4) is 0 Å². The van der Waals surface area contributed by atoms with E-state index in [0.717, 1.165) is 74.9 Å². The van der Waals surface area contributed by atoms with Crippen LogP contribution in [0.15, 0.2) is 54.7 Å². The summed E-state index contributed by atoms with van der Waals surface area (Å²) < 4.78 is 42.0. The number of likely N-dealkylation sites (N-methyl/N-ethyl adjacent to an activating group) is 1. The first kappa shape index (κ1) is 29.6. The second-order valence-corrected chi connectivity index (χ2v) is 10.4. The third-order valence-corrected chi connectivity index (χ3v) is 7.41. The zero-order chi connectivity index (χ0) is 28.7. The Morgan fingerprint density at radius 1 is 0.950 bits per heavy atom. The lowest BCUT2D eigenvalue weighted by Gasteiger charge is -2.33. The molecule has 0 atom stereocenters. The number of benzene rings is 2. The fourth-order valence-electron chi connectivity index (χ4n) is 5.02. The Labute approximate surface area is 237 Å². The Morgan fingerprint density at radius 2 is 1.70 bits per heavy atom. The van der Waals surface area contributed by atoms with E-state index in [9.17, 15) is 18.0 Å². The highest BCUT2D eigenvalue weighted by Gasteiger charge is 2.34. The van der Waals surface area contributed by atoms with Gasteiger partial charge in [0.15, 0.2) is 0 Å². The number of rotatable bonds is 10. The molecule has 9 heteroatoms. The minimum Gasteiger partial charge on any atom is -0.373 e. The Bertz CT molecular complexity index is 1300. The van der Waals surface area contributed by atoms with Crippen molar-refractivity contribution in [3.63, 3.8) is 0 Å². The van der Waals surface area contributed by atoms with E-state index in [4.69, 9.17) is 0 Å². The molecule has 1 saturated heterocycles. The van der Waals surface area contributed by atoms with Crippen molar-refractivity contribution in [2.24, 2.45) is 0 Å². The van der Waals surface area contributed by atoms with Crippen LogP contribution in [0.4, 0.5) is 24.7 Å². The highest BCUT2D eigenvalue weighted by Crippen LogP contribution is 2.35. The molecule has 0 bridgehead atoms. The number of hydrogen-bond acceptors (Lipinski definition) is 5. The third kappa shape index (κ3) is 7.82. The van der Waals surface area contributed by atoms with E-state index in [1.54, 1.807) is 12.1 Å². The summed E-state index contributed by atoms with van der Waals surface area (Å²) in [5.74, 6) is 0.374. The van der Waals surface area contributed by atoms with Crippen LogP contribution in [0.2, 0.25) is 0 Å². The lowest BCUT2D eigenvalue weighted by atomic mass is 9.95. The maximum atomic E-state index is 14.0. The summed E-state index contributed by atoms with van der Waals surface area (Å²) in [6.45, 7) is 5.44. The lowest BCUT2D eigenvalue weighted by Crippen LogP contribution is -2.44. The van der Waals surface area contributed by atoms with Crippen molar-refractivity contribution >= 4 is 17.4 Å². The second-order valence-electron chi connectivity index (χ2n) is 10.4. The molecule has 4 rings (SSSR count). The van der Waals surface area contributed by atoms with E-state index in [0.29, 0.717) is 5.56 Å². The van der Waals surface area contributed by atoms with Crippen LogP contribution < -0.4 is 10.6 Å². The van der Waals surface area contributed by atoms with E-state index in [1.165, 1.54) is 11.6 Å². The summed E-state index contributed by atoms with van der Waals surface area (Å²) in [5, 5.41) is 5.70. The fourth-order valence-corrected chi connectivity index (χ4v) is 5.02. The predicted molar refractivity (Wildman–Crippen MR) is 158 cm³/mol. The van der Waals surface area contributed by atoms with E-state index in [2.05, 4.69) is 27.4 Å². The number of alkyl halides is 3. The number of nitrogens with one attached hydrogen (secondary N) is 2. The summed E-state index contributed by atoms with van der Waals surface area (Å²) in [5.41, 5.74) is 3.40. The minimum absolute atomic E-state index is 0. The Hall–Kier alpha value is -3.43. The average Bonchev–Trinajstić information content (AvgIpc) is 2.94. The van der Waals surface area contributed by atoms with Gasteiger partial charge in [-0.05, 0) is 78.9 Å². The van der Waals surface area contributed by atoms with Crippen molar-refractivity contribution < 1.29 is 20.8 Å². The molecule has 2 heterocycles. The van der Waals surface area contributed by atoms with Gasteiger partial charge in [-0.15, -0.1) is 0 Å². The van der Waals surface area contributed by atoms with Gasteiger partial charge in [-0.3, -0.25) is 9.69 Å². The van der Waals surface area contributed by atoms with Crippen molar-refractivity contribution in [2.45, 2.75) is 45.3 Å². The number of hydrogen-bond donors (Lipinski definition) is 2. The number of nitrogens with zero attached hydrogens (tertiary/aromatic N) is 3. The first-order chi connectivity index (χ1) is 19.2. The maximum Gasteiger partial charge on any atom is 0.416 e. The van der Waals surface area contributed by atoms with Crippen molar-refractivity contribution in [1.82, 2.24) is 14.8 Å². The van der Waals surface area contributed by atoms with Crippen molar-refractivity contribution in [3.8, 4) is 0 Å². The van der Waals surface area contributed by atoms with Crippen LogP contribution in [0.5, 0.6) is 0 Å². The Morgan fingerprint density at radius 3 is 2.35 bits per heavy atom. The number of pyridine rings is 1. The van der Waals surface area contributed by atoms with Gasteiger partial charge in [0.25, 0.3) is 5.91 Å². The number of piperazine rings is 1. The molecule has 0 unspecified atom stereocenters. The van der Waals surface area contributed by atoms with Gasteiger partial charge in [-0.2, -0.15) is 13.2 Å². The fraction of sp³-hybridized carbons (Fsp3) is 0.419. The molecule has 0 spiro atoms. The molecular formula is C31H42F3N5O. The van der Waals surface area contributed by atoms with Crippen LogP contribution in [0, 0.1) is 0 Å². The molecule has 0 saturated carbocycles. The minimum atomic E-state index is -4.52. The molecule has 1 fully saturated rings. The van der Waals surface area contributed by atoms with E-state index >= 15 is 0 Å². The van der Waals surface area contributed by atoms with E-state index in [1.807, 2.05) is 49.5 Å². The summed E-state index contributed by atoms with van der Waals surface area (Å²) in [4.78, 5) is 21.7. The Balaban J connectivity index is 0.00000308. The number of carbonyl (C=O) groups is 1. The molecular weight excluding hydrogens is 515 g/mol. The van der Waals surface area contributed by atoms with Crippen LogP contribution in [0.25, 0.3) is 0 Å². The molecule has 2 N–H and O–H groups in total. The zero-order valence-corrected chi connectivity index (χ0v) is 23.4. The van der Waals surface area contributed by atoms with E-state index < -0.39 is 17.6 Å². The molecule has 1 aliphatic rings. The van der Waals surface area contributed by atoms with Gasteiger partial charge in [-0.25, -0.2) is 4.98 Å². The molecule has 0 aliphatic carbocycles. The number of halogens is 3. The number of carbonyl (C=O) groups excluding carboxylic acids is 1. The highest BCUT2D eigenvalue weighted by atomic mass is 19.4. The van der Waals surface area contributed by atoms with Crippen molar-refractivity contribution in [2.75, 3.05) is 50.9 Å². The van der Waals surface area contributed by atoms with Crippen LogP contribution >= 0.6 is 0 Å². The van der Waals surface area contributed by atoms with Crippen LogP contribution in [-0.2, 0) is 32.0 Å². The molecule has 1 aromatic heterocycles. The SMILES string of the molecule is CCCc1ccc(C(=O)Nc2ccc(CN3CCN(C)CC3)c(C(F)(F)F)c2)cc1CCc1ccc(NC)nc1.[HH].[HH]. The molecule has 0 radical (unpaired) electrons. The van der Waals surface area contributed by atoms with Crippen molar-refractivity contribution in [1.29, 1.82) is 0 Å². The lowest BCUT2D eigenvalue weighted by molar-refractivity contribution is -0.138. The van der Waals surface area contributed by atoms with Crippen molar-refractivity contribution in [3.05, 3.63) is 88.1 Å². The summed E-state index contributed by atoms with van der Waals surface area (Å²) in [7, 11) is 3.83. The predicted octanol–water partition coefficient (Wildman–Crippen LogP) is 6.37. The van der Waals surface area contributed by atoms with E-state index in [-0.39, 0.29) is 20.6 Å². The van der Waals surface area contributed by atoms with Crippen LogP contribution in [-0.4, -0.2) is 61.0 Å². The summed E-state index contributed by atoms with van der Waals surface area (Å²) >= 11 is 0. The van der Waals surface area contributed by atoms with Gasteiger partial charge >= 0.3 is 6.18 Å². The molecule has 1 amide bonds. The molecule has 2 aromatic carbocycles. The average molecular weight is 558 g/mol. The standard InChI is InChI=1S/C31H38F3N5O.2H2/c1-4-5-23-9-10-25(18-24(23)8-6-22-7-13-29(35-2)36-20-22)30(40)37-27-12-11-26(28(19-27)31(32,33)34)21-39-16-14-38(3)15-17-39;;/h7,9-13,18-20H,4-6,8,14-17,21H2,1-3H3,(H,35,36)(H,37,40);2*1H. The normalized spacial score (nSPS) is 14.8. The highest BCUT2D eigenvalue weighted by molar-refractivity contribution is 6.04. The monoisotopic (exact) mass is 557 g/mol. The molecule has 6 nitrogen and oxygen atoms in total. The van der Waals surface area contributed by atoms with Crippen LogP contribution in [0.1, 0.15) is 54.4 Å². The number of aromatic nitrogens is 1. The first-order valence-electron chi connectivity index (χ1n) is 13.8. The second kappa shape index (κ2) is 13.3. The van der Waals surface area contributed by atoms with Gasteiger partial charge < -0.3 is 15.5 Å². The topological polar surface area (TPSA) is 60.5 Å². The quantitative estimate of drug-likeness (QED) is 0.303. The van der Waals surface area contributed by atoms with Gasteiger partial charge in [0, 0.05) is 60.1 Å². The van der Waals surface area contributed by atoms with Gasteiger partial charge in [-0.1, -0.05) is 31.5 Å². The molecule has 3 aromatic rings. The summed E-state index contributed by atoms with van der Waals surface area (Å²) in [6.07, 6.45) is 0.680. The third-order valence-electron chi connectivity index (χ3n) is 7.41. The Kier molecular flexibility index (Phi) is 9.81. The molecule has 40 heavy (non-hydrogen) atoms. The largest absolute Gasteiger partial charge is 0.416 e. The zero-order valence-electron chi connectivity index (χ0n) is 23.4. The first-order valence-corrected chi connectivity index (χ1v) is 13.8. The van der Waals surface area contributed by atoms with Gasteiger partial charge in [0.2, 0.25) is 0 Å². The number of amides is 1. The molecule has 1 aliphatic heterocycles. The maximum absolute atomic E-state index is 14.0.